The van der Waals surface area contributed by atoms with Gasteiger partial charge in [-0.05, 0) is 36.1 Å². The van der Waals surface area contributed by atoms with Crippen molar-refractivity contribution in [2.45, 2.75) is 18.9 Å². The van der Waals surface area contributed by atoms with Gasteiger partial charge in [-0.15, -0.1) is 0 Å². The van der Waals surface area contributed by atoms with E-state index >= 15 is 0 Å². The molecule has 0 spiro atoms. The minimum absolute atomic E-state index is 0.0855. The van der Waals surface area contributed by atoms with Gasteiger partial charge in [-0.3, -0.25) is 0 Å². The first-order valence-corrected chi connectivity index (χ1v) is 5.21. The van der Waals surface area contributed by atoms with E-state index in [9.17, 15) is 9.90 Å². The predicted octanol–water partition coefficient (Wildman–Crippen LogP) is 1.22. The Bertz CT molecular complexity index is 400. The van der Waals surface area contributed by atoms with E-state index in [1.807, 2.05) is 12.1 Å². The molecule has 1 aromatic carbocycles. The van der Waals surface area contributed by atoms with Crippen LogP contribution < -0.4 is 4.74 Å². The SMILES string of the molecule is COC(=O)COc1ccc2c(c1)CCC2O. The van der Waals surface area contributed by atoms with Gasteiger partial charge in [0.1, 0.15) is 5.75 Å². The quantitative estimate of drug-likeness (QED) is 0.781. The zero-order valence-corrected chi connectivity index (χ0v) is 9.10. The van der Waals surface area contributed by atoms with Crippen LogP contribution in [0.4, 0.5) is 0 Å². The Morgan fingerprint density at radius 3 is 3.12 bits per heavy atom. The maximum Gasteiger partial charge on any atom is 0.343 e. The molecule has 86 valence electrons. The number of fused-ring (bicyclic) bond motifs is 1. The fraction of sp³-hybridized carbons (Fsp3) is 0.417. The highest BCUT2D eigenvalue weighted by Crippen LogP contribution is 2.33. The van der Waals surface area contributed by atoms with Crippen LogP contribution in [0.25, 0.3) is 0 Å². The molecule has 1 aliphatic rings. The molecule has 1 aliphatic carbocycles. The average molecular weight is 222 g/mol. The number of hydrogen-bond acceptors (Lipinski definition) is 4. The Labute approximate surface area is 93.8 Å². The summed E-state index contributed by atoms with van der Waals surface area (Å²) >= 11 is 0. The lowest BCUT2D eigenvalue weighted by Crippen LogP contribution is -2.12. The van der Waals surface area contributed by atoms with Crippen LogP contribution in [-0.4, -0.2) is 24.8 Å². The zero-order chi connectivity index (χ0) is 11.5. The molecule has 1 N–H and O–H groups in total. The van der Waals surface area contributed by atoms with Gasteiger partial charge in [0.05, 0.1) is 13.2 Å². The highest BCUT2D eigenvalue weighted by atomic mass is 16.6. The largest absolute Gasteiger partial charge is 0.482 e. The summed E-state index contributed by atoms with van der Waals surface area (Å²) in [5.74, 6) is 0.235. The number of aryl methyl sites for hydroxylation is 1. The van der Waals surface area contributed by atoms with Gasteiger partial charge >= 0.3 is 5.97 Å². The number of rotatable bonds is 3. The molecule has 0 saturated heterocycles. The fourth-order valence-corrected chi connectivity index (χ4v) is 1.86. The number of ether oxygens (including phenoxy) is 2. The van der Waals surface area contributed by atoms with Crippen molar-refractivity contribution in [1.82, 2.24) is 0 Å². The monoisotopic (exact) mass is 222 g/mol. The smallest absolute Gasteiger partial charge is 0.343 e. The summed E-state index contributed by atoms with van der Waals surface area (Å²) in [6.45, 7) is -0.0855. The second-order valence-electron chi connectivity index (χ2n) is 3.78. The lowest BCUT2D eigenvalue weighted by atomic mass is 10.1. The van der Waals surface area contributed by atoms with Crippen LogP contribution in [-0.2, 0) is 16.0 Å². The second-order valence-corrected chi connectivity index (χ2v) is 3.78. The highest BCUT2D eigenvalue weighted by Gasteiger charge is 2.20. The van der Waals surface area contributed by atoms with Crippen molar-refractivity contribution >= 4 is 5.97 Å². The van der Waals surface area contributed by atoms with Crippen molar-refractivity contribution in [3.05, 3.63) is 29.3 Å². The van der Waals surface area contributed by atoms with E-state index in [1.54, 1.807) is 6.07 Å². The molecular formula is C12H14O4. The molecule has 16 heavy (non-hydrogen) atoms. The van der Waals surface area contributed by atoms with Gasteiger partial charge in [-0.2, -0.15) is 0 Å². The van der Waals surface area contributed by atoms with Crippen LogP contribution in [0, 0.1) is 0 Å². The second kappa shape index (κ2) is 4.53. The average Bonchev–Trinajstić information content (AvgIpc) is 2.67. The van der Waals surface area contributed by atoms with Crippen molar-refractivity contribution in [3.63, 3.8) is 0 Å². The molecule has 1 atom stereocenters. The molecule has 0 amide bonds. The minimum Gasteiger partial charge on any atom is -0.482 e. The third-order valence-corrected chi connectivity index (χ3v) is 2.74. The molecule has 4 heteroatoms. The van der Waals surface area contributed by atoms with Gasteiger partial charge in [-0.25, -0.2) is 4.79 Å². The van der Waals surface area contributed by atoms with Gasteiger partial charge in [0.15, 0.2) is 6.61 Å². The number of benzene rings is 1. The Kier molecular flexibility index (Phi) is 3.10. The summed E-state index contributed by atoms with van der Waals surface area (Å²) in [6, 6.07) is 5.48. The standard InChI is InChI=1S/C12H14O4/c1-15-12(14)7-16-9-3-4-10-8(6-9)2-5-11(10)13/h3-4,6,11,13H,2,5,7H2,1H3. The zero-order valence-electron chi connectivity index (χ0n) is 9.10. The van der Waals surface area contributed by atoms with E-state index in [0.717, 1.165) is 24.0 Å². The van der Waals surface area contributed by atoms with E-state index in [4.69, 9.17) is 4.74 Å². The molecular weight excluding hydrogens is 208 g/mol. The molecule has 0 saturated carbocycles. The van der Waals surface area contributed by atoms with Gasteiger partial charge in [0.2, 0.25) is 0 Å². The number of hydrogen-bond donors (Lipinski definition) is 1. The maximum atomic E-state index is 10.9. The first-order chi connectivity index (χ1) is 7.70. The number of esters is 1. The Morgan fingerprint density at radius 2 is 2.38 bits per heavy atom. The van der Waals surface area contributed by atoms with Crippen LogP contribution in [0.2, 0.25) is 0 Å². The summed E-state index contributed by atoms with van der Waals surface area (Å²) in [6.07, 6.45) is 1.26. The van der Waals surface area contributed by atoms with E-state index in [1.165, 1.54) is 7.11 Å². The van der Waals surface area contributed by atoms with Crippen molar-refractivity contribution < 1.29 is 19.4 Å². The fourth-order valence-electron chi connectivity index (χ4n) is 1.86. The first-order valence-electron chi connectivity index (χ1n) is 5.21. The number of aliphatic hydroxyl groups is 1. The molecule has 2 rings (SSSR count). The summed E-state index contributed by atoms with van der Waals surface area (Å²) in [5, 5.41) is 9.61. The predicted molar refractivity (Wildman–Crippen MR) is 57.2 cm³/mol. The summed E-state index contributed by atoms with van der Waals surface area (Å²) in [7, 11) is 1.32. The number of methoxy groups -OCH3 is 1. The van der Waals surface area contributed by atoms with Crippen LogP contribution in [0.3, 0.4) is 0 Å². The van der Waals surface area contributed by atoms with E-state index in [0.29, 0.717) is 5.75 Å². The molecule has 1 aromatic rings. The molecule has 0 fully saturated rings. The molecule has 0 radical (unpaired) electrons. The van der Waals surface area contributed by atoms with Crippen LogP contribution >= 0.6 is 0 Å². The molecule has 0 heterocycles. The van der Waals surface area contributed by atoms with Crippen molar-refractivity contribution in [2.24, 2.45) is 0 Å². The maximum absolute atomic E-state index is 10.9. The number of carbonyl (C=O) groups excluding carboxylic acids is 1. The Morgan fingerprint density at radius 1 is 1.56 bits per heavy atom. The number of carbonyl (C=O) groups is 1. The first kappa shape index (κ1) is 11.0. The normalized spacial score (nSPS) is 18.0. The van der Waals surface area contributed by atoms with Crippen LogP contribution in [0.15, 0.2) is 18.2 Å². The van der Waals surface area contributed by atoms with Gasteiger partial charge in [-0.1, -0.05) is 6.07 Å². The van der Waals surface area contributed by atoms with E-state index in [2.05, 4.69) is 4.74 Å². The third-order valence-electron chi connectivity index (χ3n) is 2.74. The minimum atomic E-state index is -0.402. The van der Waals surface area contributed by atoms with Gasteiger partial charge in [0.25, 0.3) is 0 Å². The Hall–Kier alpha value is -1.55. The lowest BCUT2D eigenvalue weighted by molar-refractivity contribution is -0.142. The van der Waals surface area contributed by atoms with Crippen molar-refractivity contribution in [1.29, 1.82) is 0 Å². The molecule has 4 nitrogen and oxygen atoms in total. The molecule has 1 unspecified atom stereocenters. The van der Waals surface area contributed by atoms with Gasteiger partial charge in [0, 0.05) is 0 Å². The summed E-state index contributed by atoms with van der Waals surface area (Å²) in [5.41, 5.74) is 2.06. The molecule has 0 aliphatic heterocycles. The van der Waals surface area contributed by atoms with Gasteiger partial charge < -0.3 is 14.6 Å². The van der Waals surface area contributed by atoms with Crippen molar-refractivity contribution in [2.75, 3.05) is 13.7 Å². The Balaban J connectivity index is 2.05. The van der Waals surface area contributed by atoms with Crippen LogP contribution in [0.1, 0.15) is 23.7 Å². The summed E-state index contributed by atoms with van der Waals surface area (Å²) < 4.78 is 9.74. The molecule has 0 bridgehead atoms. The van der Waals surface area contributed by atoms with E-state index < -0.39 is 5.97 Å². The third kappa shape index (κ3) is 2.17. The summed E-state index contributed by atoms with van der Waals surface area (Å²) in [4.78, 5) is 10.9. The van der Waals surface area contributed by atoms with Crippen LogP contribution in [0.5, 0.6) is 5.75 Å². The molecule has 0 aromatic heterocycles. The highest BCUT2D eigenvalue weighted by molar-refractivity contribution is 5.70. The lowest BCUT2D eigenvalue weighted by Gasteiger charge is -2.07. The number of aliphatic hydroxyl groups excluding tert-OH is 1. The topological polar surface area (TPSA) is 55.8 Å². The van der Waals surface area contributed by atoms with E-state index in [-0.39, 0.29) is 12.7 Å². The van der Waals surface area contributed by atoms with Crippen molar-refractivity contribution in [3.8, 4) is 5.75 Å².